The van der Waals surface area contributed by atoms with Gasteiger partial charge in [-0.15, -0.1) is 0 Å². The number of rotatable bonds is 9. The number of nitrogens with zero attached hydrogens (tertiary/aromatic N) is 1. The minimum Gasteiger partial charge on any atom is -0.453 e. The van der Waals surface area contributed by atoms with E-state index in [9.17, 15) is 18.0 Å². The standard InChI is InChI=1S/C37H44ClFN4O6S/c1-23-21-40-22-37(43(23)50(46,47)29-9-6-5-7-10-29)20-27(37)17-30-31(39)11-8-12-32(30)41-34(44)33(42-35(45)48-4)36(18-24(2)49-25(3)19-36)26-13-15-28(38)16-14-26/h5-16,23-25,27,33,40H,17-22H2,1-4H3,(H,41,44)(H,42,45)/t23-,24-,25+,27+,33+,36?,37?/m0/s1. The van der Waals surface area contributed by atoms with Crippen molar-refractivity contribution < 1.29 is 31.9 Å². The number of nitrogens with one attached hydrogen (secondary N) is 3. The molecule has 6 rings (SSSR count). The predicted octanol–water partition coefficient (Wildman–Crippen LogP) is 5.65. The Labute approximate surface area is 298 Å². The first kappa shape index (κ1) is 36.2. The summed E-state index contributed by atoms with van der Waals surface area (Å²) < 4.78 is 56.4. The van der Waals surface area contributed by atoms with Crippen LogP contribution in [0.15, 0.2) is 77.7 Å². The molecule has 3 aromatic carbocycles. The third kappa shape index (κ3) is 6.88. The van der Waals surface area contributed by atoms with E-state index >= 15 is 4.39 Å². The summed E-state index contributed by atoms with van der Waals surface area (Å²) in [4.78, 5) is 27.5. The molecular formula is C37H44ClFN4O6S. The largest absolute Gasteiger partial charge is 0.453 e. The summed E-state index contributed by atoms with van der Waals surface area (Å²) in [7, 11) is -2.62. The number of carbonyl (C=O) groups excluding carboxylic acids is 2. The third-order valence-corrected chi connectivity index (χ3v) is 12.8. The molecule has 3 aliphatic rings. The third-order valence-electron chi connectivity index (χ3n) is 10.5. The molecule has 1 spiro atoms. The molecule has 10 nitrogen and oxygen atoms in total. The van der Waals surface area contributed by atoms with Gasteiger partial charge in [-0.2, -0.15) is 4.31 Å². The van der Waals surface area contributed by atoms with Gasteiger partial charge in [-0.05, 0) is 94.3 Å². The average molecular weight is 727 g/mol. The molecular weight excluding hydrogens is 683 g/mol. The highest BCUT2D eigenvalue weighted by atomic mass is 35.5. The van der Waals surface area contributed by atoms with Gasteiger partial charge in [-0.25, -0.2) is 17.6 Å². The normalized spacial score (nSPS) is 28.8. The topological polar surface area (TPSA) is 126 Å². The maximum Gasteiger partial charge on any atom is 0.407 e. The lowest BCUT2D eigenvalue weighted by atomic mass is 9.65. The number of benzene rings is 3. The first-order chi connectivity index (χ1) is 23.8. The second-order valence-electron chi connectivity index (χ2n) is 14.0. The smallest absolute Gasteiger partial charge is 0.407 e. The number of anilines is 1. The van der Waals surface area contributed by atoms with Crippen molar-refractivity contribution in [3.8, 4) is 0 Å². The second-order valence-corrected chi connectivity index (χ2v) is 16.2. The molecule has 0 radical (unpaired) electrons. The van der Waals surface area contributed by atoms with Gasteiger partial charge in [0.05, 0.1) is 29.8 Å². The van der Waals surface area contributed by atoms with Crippen LogP contribution in [0, 0.1) is 11.7 Å². The monoisotopic (exact) mass is 726 g/mol. The number of hydrogen-bond acceptors (Lipinski definition) is 7. The molecule has 50 heavy (non-hydrogen) atoms. The van der Waals surface area contributed by atoms with E-state index < -0.39 is 44.8 Å². The summed E-state index contributed by atoms with van der Waals surface area (Å²) in [5.41, 5.74) is -0.368. The van der Waals surface area contributed by atoms with E-state index in [-0.39, 0.29) is 46.7 Å². The molecule has 2 unspecified atom stereocenters. The van der Waals surface area contributed by atoms with Crippen LogP contribution in [0.1, 0.15) is 51.2 Å². The van der Waals surface area contributed by atoms with Gasteiger partial charge in [0.1, 0.15) is 11.9 Å². The van der Waals surface area contributed by atoms with E-state index in [4.69, 9.17) is 21.1 Å². The van der Waals surface area contributed by atoms with E-state index in [0.717, 1.165) is 5.56 Å². The van der Waals surface area contributed by atoms with Crippen molar-refractivity contribution in [2.45, 2.75) is 86.6 Å². The summed E-state index contributed by atoms with van der Waals surface area (Å²) in [5.74, 6) is -1.28. The predicted molar refractivity (Wildman–Crippen MR) is 189 cm³/mol. The van der Waals surface area contributed by atoms with Crippen LogP contribution >= 0.6 is 11.6 Å². The second kappa shape index (κ2) is 14.2. The molecule has 3 N–H and O–H groups in total. The van der Waals surface area contributed by atoms with Crippen LogP contribution in [-0.2, 0) is 36.1 Å². The van der Waals surface area contributed by atoms with Crippen molar-refractivity contribution in [3.63, 3.8) is 0 Å². The summed E-state index contributed by atoms with van der Waals surface area (Å²) in [6.07, 6.45) is 0.236. The van der Waals surface area contributed by atoms with Crippen molar-refractivity contribution in [2.75, 3.05) is 25.5 Å². The Bertz CT molecular complexity index is 1820. The van der Waals surface area contributed by atoms with Gasteiger partial charge in [0.15, 0.2) is 0 Å². The fourth-order valence-corrected chi connectivity index (χ4v) is 10.6. The molecule has 3 aromatic rings. The van der Waals surface area contributed by atoms with E-state index in [1.807, 2.05) is 32.9 Å². The van der Waals surface area contributed by atoms with Crippen molar-refractivity contribution in [1.82, 2.24) is 14.9 Å². The Hall–Kier alpha value is -3.55. The van der Waals surface area contributed by atoms with Crippen LogP contribution in [0.2, 0.25) is 5.02 Å². The molecule has 0 bridgehead atoms. The van der Waals surface area contributed by atoms with Crippen molar-refractivity contribution >= 4 is 39.3 Å². The van der Waals surface area contributed by atoms with Gasteiger partial charge in [-0.1, -0.05) is 48.0 Å². The Morgan fingerprint density at radius 3 is 2.36 bits per heavy atom. The number of carbonyl (C=O) groups is 2. The van der Waals surface area contributed by atoms with Gasteiger partial charge >= 0.3 is 6.09 Å². The molecule has 1 saturated carbocycles. The highest BCUT2D eigenvalue weighted by Crippen LogP contribution is 2.54. The average Bonchev–Trinajstić information content (AvgIpc) is 3.75. The van der Waals surface area contributed by atoms with Crippen molar-refractivity contribution in [1.29, 1.82) is 0 Å². The maximum atomic E-state index is 15.8. The van der Waals surface area contributed by atoms with E-state index in [1.165, 1.54) is 19.2 Å². The minimum atomic E-state index is -3.84. The molecule has 13 heteroatoms. The van der Waals surface area contributed by atoms with Crippen LogP contribution in [0.4, 0.5) is 14.9 Å². The summed E-state index contributed by atoms with van der Waals surface area (Å²) >= 11 is 6.25. The van der Waals surface area contributed by atoms with Gasteiger partial charge in [0.2, 0.25) is 15.9 Å². The van der Waals surface area contributed by atoms with Crippen molar-refractivity contribution in [3.05, 3.63) is 94.8 Å². The Kier molecular flexibility index (Phi) is 10.3. The Morgan fingerprint density at radius 2 is 1.70 bits per heavy atom. The van der Waals surface area contributed by atoms with Crippen LogP contribution in [0.5, 0.6) is 0 Å². The quantitative estimate of drug-likeness (QED) is 0.260. The van der Waals surface area contributed by atoms with Gasteiger partial charge in [-0.3, -0.25) is 4.79 Å². The highest BCUT2D eigenvalue weighted by Gasteiger charge is 2.64. The molecule has 2 amide bonds. The van der Waals surface area contributed by atoms with Crippen LogP contribution in [0.3, 0.4) is 0 Å². The molecule has 7 atom stereocenters. The molecule has 2 heterocycles. The SMILES string of the molecule is COC(=O)N[C@H](C(=O)Nc1cccc(F)c1C[C@@H]1CC12CNC[C@H](C)N2S(=O)(=O)c1ccccc1)C1(c2ccc(Cl)cc2)C[C@@H](C)O[C@@H](C)C1. The summed E-state index contributed by atoms with van der Waals surface area (Å²) in [6.45, 7) is 6.64. The first-order valence-corrected chi connectivity index (χ1v) is 18.8. The minimum absolute atomic E-state index is 0.191. The van der Waals surface area contributed by atoms with Crippen LogP contribution in [-0.4, -0.2) is 74.8 Å². The number of ether oxygens (including phenoxy) is 2. The Balaban J connectivity index is 1.33. The highest BCUT2D eigenvalue weighted by molar-refractivity contribution is 7.89. The molecule has 1 aliphatic carbocycles. The lowest BCUT2D eigenvalue weighted by Crippen LogP contribution is -2.61. The number of hydrogen-bond donors (Lipinski definition) is 3. The number of methoxy groups -OCH3 is 1. The number of piperazine rings is 1. The molecule has 2 aliphatic heterocycles. The lowest BCUT2D eigenvalue weighted by Gasteiger charge is -2.47. The number of sulfonamides is 1. The fraction of sp³-hybridized carbons (Fsp3) is 0.459. The fourth-order valence-electron chi connectivity index (χ4n) is 8.38. The van der Waals surface area contributed by atoms with Crippen molar-refractivity contribution in [2.24, 2.45) is 5.92 Å². The summed E-state index contributed by atoms with van der Waals surface area (Å²) in [6, 6.07) is 18.6. The van der Waals surface area contributed by atoms with Gasteiger partial charge < -0.3 is 25.4 Å². The van der Waals surface area contributed by atoms with E-state index in [1.54, 1.807) is 52.8 Å². The first-order valence-electron chi connectivity index (χ1n) is 17.0. The summed E-state index contributed by atoms with van der Waals surface area (Å²) in [5, 5.41) is 9.65. The molecule has 2 saturated heterocycles. The zero-order valence-corrected chi connectivity index (χ0v) is 30.2. The molecule has 268 valence electrons. The van der Waals surface area contributed by atoms with Crippen LogP contribution in [0.25, 0.3) is 0 Å². The van der Waals surface area contributed by atoms with Crippen LogP contribution < -0.4 is 16.0 Å². The van der Waals surface area contributed by atoms with E-state index in [2.05, 4.69) is 16.0 Å². The zero-order valence-electron chi connectivity index (χ0n) is 28.6. The lowest BCUT2D eigenvalue weighted by molar-refractivity contribution is -0.124. The molecule has 3 fully saturated rings. The molecule has 0 aromatic heterocycles. The number of halogens is 2. The van der Waals surface area contributed by atoms with Gasteiger partial charge in [0, 0.05) is 40.8 Å². The van der Waals surface area contributed by atoms with E-state index in [0.29, 0.717) is 37.4 Å². The number of amides is 2. The zero-order chi connectivity index (χ0) is 35.8. The van der Waals surface area contributed by atoms with Gasteiger partial charge in [0.25, 0.3) is 0 Å². The number of alkyl carbamates (subject to hydrolysis) is 1. The maximum absolute atomic E-state index is 15.8. The Morgan fingerprint density at radius 1 is 1.02 bits per heavy atom.